The predicted octanol–water partition coefficient (Wildman–Crippen LogP) is 6.78. The van der Waals surface area contributed by atoms with E-state index >= 15 is 0 Å². The van der Waals surface area contributed by atoms with Crippen LogP contribution < -0.4 is 14.5 Å². The first-order chi connectivity index (χ1) is 29.2. The first-order valence-electron chi connectivity index (χ1n) is 18.8. The van der Waals surface area contributed by atoms with Crippen molar-refractivity contribution in [1.82, 2.24) is 18.6 Å². The number of methoxy groups -OCH3 is 1. The zero-order valence-electron chi connectivity index (χ0n) is 32.9. The Morgan fingerprint density at radius 2 is 1.02 bits per heavy atom. The molecule has 4 aromatic carbocycles. The van der Waals surface area contributed by atoms with E-state index < -0.39 is 29.9 Å². The standard InChI is InChI=1S/C20H20N4O5S2.C20H20N4O4S2/c1-29-17-6-2-4-15(12-17)19-14-30-20(21-19)22-8-10-23(11-9-22)31(27,28)18-7-3-5-16(13-18)24(25)26;1-15-4-2-5-16(12-15)19-14-29-20(21-19)22-8-10-23(11-9-22)30(27,28)18-7-3-6-17(13-18)24(25)26/h2-7,12-14H,8-11H2,1H3;2-7,12-14H,8-11H2,1H3. The van der Waals surface area contributed by atoms with Gasteiger partial charge in [0.1, 0.15) is 5.75 Å². The number of nitro benzene ring substituents is 2. The number of benzene rings is 4. The summed E-state index contributed by atoms with van der Waals surface area (Å²) in [6.45, 7) is 5.17. The number of piperazine rings is 2. The molecule has 2 aromatic heterocycles. The molecule has 0 amide bonds. The van der Waals surface area contributed by atoms with Crippen LogP contribution in [0.25, 0.3) is 22.5 Å². The highest BCUT2D eigenvalue weighted by molar-refractivity contribution is 7.89. The molecule has 0 saturated carbocycles. The summed E-state index contributed by atoms with van der Waals surface area (Å²) in [5.74, 6) is 0.756. The largest absolute Gasteiger partial charge is 0.497 e. The molecule has 4 heterocycles. The quantitative estimate of drug-likeness (QED) is 0.0974. The Morgan fingerprint density at radius 1 is 0.590 bits per heavy atom. The Labute approximate surface area is 360 Å². The molecule has 318 valence electrons. The molecule has 17 nitrogen and oxygen atoms in total. The lowest BCUT2D eigenvalue weighted by molar-refractivity contribution is -0.385. The lowest BCUT2D eigenvalue weighted by atomic mass is 10.1. The Bertz CT molecular complexity index is 2760. The van der Waals surface area contributed by atoms with Crippen LogP contribution in [0.2, 0.25) is 0 Å². The Morgan fingerprint density at radius 3 is 1.44 bits per heavy atom. The third-order valence-electron chi connectivity index (χ3n) is 10.0. The van der Waals surface area contributed by atoms with Crippen molar-refractivity contribution >= 4 is 64.4 Å². The van der Waals surface area contributed by atoms with Crippen LogP contribution in [-0.4, -0.2) is 105 Å². The minimum absolute atomic E-state index is 0.0545. The average molecular weight is 905 g/mol. The fourth-order valence-corrected chi connectivity index (χ4v) is 11.4. The molecule has 0 atom stereocenters. The van der Waals surface area contributed by atoms with Gasteiger partial charge in [0.2, 0.25) is 20.0 Å². The number of nitro groups is 2. The highest BCUT2D eigenvalue weighted by Gasteiger charge is 2.32. The summed E-state index contributed by atoms with van der Waals surface area (Å²) in [5.41, 5.74) is 4.45. The van der Waals surface area contributed by atoms with Gasteiger partial charge in [-0.05, 0) is 37.3 Å². The number of ether oxygens (including phenoxy) is 1. The molecule has 0 spiro atoms. The van der Waals surface area contributed by atoms with Gasteiger partial charge in [-0.3, -0.25) is 20.2 Å². The summed E-state index contributed by atoms with van der Waals surface area (Å²) in [6, 6.07) is 26.1. The van der Waals surface area contributed by atoms with Crippen molar-refractivity contribution in [2.75, 3.05) is 69.3 Å². The van der Waals surface area contributed by atoms with Gasteiger partial charge in [0.15, 0.2) is 10.3 Å². The number of aryl methyl sites for hydroxylation is 1. The van der Waals surface area contributed by atoms with Crippen molar-refractivity contribution in [2.24, 2.45) is 0 Å². The van der Waals surface area contributed by atoms with Crippen molar-refractivity contribution in [1.29, 1.82) is 0 Å². The van der Waals surface area contributed by atoms with Gasteiger partial charge in [0.05, 0.1) is 38.1 Å². The topological polar surface area (TPSA) is 203 Å². The molecule has 8 rings (SSSR count). The van der Waals surface area contributed by atoms with Crippen LogP contribution in [0.1, 0.15) is 5.56 Å². The van der Waals surface area contributed by atoms with Crippen molar-refractivity contribution in [2.45, 2.75) is 16.7 Å². The zero-order valence-corrected chi connectivity index (χ0v) is 36.2. The van der Waals surface area contributed by atoms with Gasteiger partial charge in [-0.25, -0.2) is 26.8 Å². The normalized spacial score (nSPS) is 15.2. The van der Waals surface area contributed by atoms with E-state index in [0.29, 0.717) is 39.3 Å². The highest BCUT2D eigenvalue weighted by Crippen LogP contribution is 2.32. The number of aromatic nitrogens is 2. The lowest BCUT2D eigenvalue weighted by Crippen LogP contribution is -2.48. The van der Waals surface area contributed by atoms with Crippen LogP contribution in [0, 0.1) is 27.2 Å². The summed E-state index contributed by atoms with van der Waals surface area (Å²) >= 11 is 3.04. The van der Waals surface area contributed by atoms with Crippen molar-refractivity contribution in [3.8, 4) is 28.3 Å². The molecule has 2 fully saturated rings. The Balaban J connectivity index is 0.000000184. The molecule has 2 aliphatic rings. The fourth-order valence-electron chi connectivity index (χ4n) is 6.72. The summed E-state index contributed by atoms with van der Waals surface area (Å²) in [4.78, 5) is 34.2. The van der Waals surface area contributed by atoms with Crippen LogP contribution in [0.4, 0.5) is 21.6 Å². The second-order valence-corrected chi connectivity index (χ2v) is 19.5. The lowest BCUT2D eigenvalue weighted by Gasteiger charge is -2.33. The van der Waals surface area contributed by atoms with Crippen LogP contribution in [0.15, 0.2) is 118 Å². The van der Waals surface area contributed by atoms with E-state index in [-0.39, 0.29) is 34.3 Å². The molecule has 0 unspecified atom stereocenters. The number of hydrogen-bond donors (Lipinski definition) is 0. The van der Waals surface area contributed by atoms with Gasteiger partial charge in [0, 0.05) is 98.5 Å². The van der Waals surface area contributed by atoms with Crippen LogP contribution in [0.3, 0.4) is 0 Å². The maximum Gasteiger partial charge on any atom is 0.270 e. The van der Waals surface area contributed by atoms with Crippen molar-refractivity contribution in [3.05, 3.63) is 134 Å². The summed E-state index contributed by atoms with van der Waals surface area (Å²) in [6.07, 6.45) is 0. The third kappa shape index (κ3) is 9.87. The maximum absolute atomic E-state index is 12.9. The van der Waals surface area contributed by atoms with E-state index in [4.69, 9.17) is 14.7 Å². The summed E-state index contributed by atoms with van der Waals surface area (Å²) < 4.78 is 59.6. The molecule has 6 aromatic rings. The van der Waals surface area contributed by atoms with Gasteiger partial charge in [-0.15, -0.1) is 22.7 Å². The van der Waals surface area contributed by atoms with Crippen LogP contribution in [-0.2, 0) is 20.0 Å². The van der Waals surface area contributed by atoms with Gasteiger partial charge in [-0.2, -0.15) is 8.61 Å². The van der Waals surface area contributed by atoms with Gasteiger partial charge < -0.3 is 14.5 Å². The highest BCUT2D eigenvalue weighted by atomic mass is 32.2. The summed E-state index contributed by atoms with van der Waals surface area (Å²) in [7, 11) is -5.96. The van der Waals surface area contributed by atoms with Crippen LogP contribution >= 0.6 is 22.7 Å². The molecular weight excluding hydrogens is 865 g/mol. The number of rotatable bonds is 11. The molecule has 0 N–H and O–H groups in total. The molecule has 2 saturated heterocycles. The fraction of sp³-hybridized carbons (Fsp3) is 0.250. The van der Waals surface area contributed by atoms with Gasteiger partial charge in [0.25, 0.3) is 11.4 Å². The van der Waals surface area contributed by atoms with Gasteiger partial charge in [-0.1, -0.05) is 48.0 Å². The minimum atomic E-state index is -3.80. The Hall–Kier alpha value is -5.84. The number of nitrogens with zero attached hydrogens (tertiary/aromatic N) is 8. The zero-order chi connectivity index (χ0) is 43.3. The first-order valence-corrected chi connectivity index (χ1v) is 23.5. The number of hydrogen-bond acceptors (Lipinski definition) is 15. The minimum Gasteiger partial charge on any atom is -0.497 e. The molecule has 0 bridgehead atoms. The van der Waals surface area contributed by atoms with Crippen molar-refractivity contribution in [3.63, 3.8) is 0 Å². The monoisotopic (exact) mass is 904 g/mol. The van der Waals surface area contributed by atoms with Crippen molar-refractivity contribution < 1.29 is 31.4 Å². The maximum atomic E-state index is 12.9. The molecule has 2 aliphatic heterocycles. The van der Waals surface area contributed by atoms with E-state index in [1.54, 1.807) is 7.11 Å². The second-order valence-electron chi connectivity index (χ2n) is 13.9. The molecule has 21 heteroatoms. The predicted molar refractivity (Wildman–Crippen MR) is 235 cm³/mol. The van der Waals surface area contributed by atoms with E-state index in [0.717, 1.165) is 50.7 Å². The van der Waals surface area contributed by atoms with E-state index in [9.17, 15) is 37.1 Å². The molecule has 0 aliphatic carbocycles. The molecular formula is C40H40N8O9S4. The number of non-ortho nitro benzene ring substituents is 2. The number of anilines is 2. The third-order valence-corrected chi connectivity index (χ3v) is 15.6. The SMILES string of the molecule is COc1cccc(-c2csc(N3CCN(S(=O)(=O)c4cccc([N+](=O)[O-])c4)CC3)n2)c1.Cc1cccc(-c2csc(N3CCN(S(=O)(=O)c4cccc([N+](=O)[O-])c4)CC3)n2)c1. The average Bonchev–Trinajstić information content (AvgIpc) is 3.99. The van der Waals surface area contributed by atoms with Crippen LogP contribution in [0.5, 0.6) is 5.75 Å². The van der Waals surface area contributed by atoms with E-state index in [2.05, 4.69) is 11.0 Å². The number of thiazole rings is 2. The number of sulfonamides is 2. The van der Waals surface area contributed by atoms with E-state index in [1.807, 2.05) is 65.0 Å². The summed E-state index contributed by atoms with van der Waals surface area (Å²) in [5, 5.41) is 27.6. The Kier molecular flexibility index (Phi) is 13.1. The molecule has 61 heavy (non-hydrogen) atoms. The van der Waals surface area contributed by atoms with E-state index in [1.165, 1.54) is 73.2 Å². The molecule has 0 radical (unpaired) electrons. The first kappa shape index (κ1) is 43.3. The smallest absolute Gasteiger partial charge is 0.270 e. The van der Waals surface area contributed by atoms with Gasteiger partial charge >= 0.3 is 0 Å². The second kappa shape index (κ2) is 18.4.